The topological polar surface area (TPSA) is 131 Å². The summed E-state index contributed by atoms with van der Waals surface area (Å²) < 4.78 is 55.6. The highest BCUT2D eigenvalue weighted by Crippen LogP contribution is 2.28. The molecule has 0 aliphatic carbocycles. The van der Waals surface area contributed by atoms with Crippen molar-refractivity contribution < 1.29 is 21.0 Å². The summed E-state index contributed by atoms with van der Waals surface area (Å²) in [5, 5.41) is 3.96. The van der Waals surface area contributed by atoms with Gasteiger partial charge < -0.3 is 4.90 Å². The summed E-state index contributed by atoms with van der Waals surface area (Å²) in [5.41, 5.74) is 2.36. The Hall–Kier alpha value is -2.91. The molecule has 0 radical (unpaired) electrons. The Morgan fingerprint density at radius 2 is 1.68 bits per heavy atom. The van der Waals surface area contributed by atoms with Crippen molar-refractivity contribution in [2.75, 3.05) is 57.5 Å². The lowest BCUT2D eigenvalue weighted by molar-refractivity contribution is 0.243. The minimum atomic E-state index is -3.57. The number of aryl methyl sites for hydroxylation is 1. The van der Waals surface area contributed by atoms with Gasteiger partial charge in [0.1, 0.15) is 10.6 Å². The van der Waals surface area contributed by atoms with Crippen LogP contribution >= 0.6 is 0 Å². The number of aromatic nitrogens is 4. The van der Waals surface area contributed by atoms with Crippen molar-refractivity contribution in [1.29, 1.82) is 0 Å². The average Bonchev–Trinajstić information content (AvgIpc) is 3.33. The van der Waals surface area contributed by atoms with Gasteiger partial charge in [-0.25, -0.2) is 13.4 Å². The van der Waals surface area contributed by atoms with Crippen molar-refractivity contribution in [2.45, 2.75) is 11.5 Å². The zero-order valence-corrected chi connectivity index (χ0v) is 22.7. The molecule has 14 heteroatoms. The van der Waals surface area contributed by atoms with E-state index in [0.717, 1.165) is 55.1 Å². The molecular weight excluding hydrogens is 518 g/mol. The molecule has 3 heterocycles. The molecule has 0 N–H and O–H groups in total. The summed E-state index contributed by atoms with van der Waals surface area (Å²) in [5.74, 6) is 0.776. The third kappa shape index (κ3) is 6.90. The number of nitrogens with zero attached hydrogens (tertiary/aromatic N) is 7. The maximum absolute atomic E-state index is 12.7. The van der Waals surface area contributed by atoms with Crippen LogP contribution in [-0.4, -0.2) is 98.4 Å². The minimum Gasteiger partial charge on any atom is -0.352 e. The number of hydrogen-bond donors (Lipinski definition) is 0. The smallest absolute Gasteiger partial charge is 0.264 e. The van der Waals surface area contributed by atoms with Gasteiger partial charge in [0.2, 0.25) is 10.0 Å². The number of anilines is 1. The third-order valence-electron chi connectivity index (χ3n) is 6.14. The maximum Gasteiger partial charge on any atom is 0.264 e. The second-order valence-electron chi connectivity index (χ2n) is 8.90. The van der Waals surface area contributed by atoms with Crippen LogP contribution in [0.25, 0.3) is 11.3 Å². The second kappa shape index (κ2) is 11.2. The normalized spacial score (nSPS) is 15.4. The van der Waals surface area contributed by atoms with E-state index in [9.17, 15) is 16.8 Å². The Labute approximate surface area is 217 Å². The first-order valence-electron chi connectivity index (χ1n) is 11.7. The quantitative estimate of drug-likeness (QED) is 0.335. The molecule has 1 aliphatic heterocycles. The Kier molecular flexibility index (Phi) is 8.23. The van der Waals surface area contributed by atoms with Gasteiger partial charge in [-0.15, -0.1) is 0 Å². The first-order chi connectivity index (χ1) is 17.5. The number of benzene rings is 1. The molecule has 200 valence electrons. The molecule has 0 amide bonds. The van der Waals surface area contributed by atoms with E-state index >= 15 is 0 Å². The Bertz CT molecular complexity index is 1420. The highest BCUT2D eigenvalue weighted by Gasteiger charge is 2.25. The molecule has 0 unspecified atom stereocenters. The van der Waals surface area contributed by atoms with Gasteiger partial charge in [0.05, 0.1) is 19.1 Å². The molecule has 3 aromatic rings. The zero-order valence-electron chi connectivity index (χ0n) is 21.1. The summed E-state index contributed by atoms with van der Waals surface area (Å²) >= 11 is 0. The van der Waals surface area contributed by atoms with E-state index in [1.165, 1.54) is 21.4 Å². The van der Waals surface area contributed by atoms with E-state index in [0.29, 0.717) is 13.1 Å². The van der Waals surface area contributed by atoms with E-state index < -0.39 is 20.1 Å². The number of sulfonamides is 1. The number of likely N-dealkylation sites (N-methyl/N-ethyl adjacent to an activating group) is 1. The van der Waals surface area contributed by atoms with Crippen molar-refractivity contribution in [3.63, 3.8) is 0 Å². The van der Waals surface area contributed by atoms with E-state index in [2.05, 4.69) is 24.9 Å². The third-order valence-corrected chi connectivity index (χ3v) is 8.49. The maximum atomic E-state index is 12.7. The van der Waals surface area contributed by atoms with Gasteiger partial charge in [0.15, 0.2) is 5.82 Å². The molecule has 12 nitrogen and oxygen atoms in total. The Morgan fingerprint density at radius 1 is 1.00 bits per heavy atom. The second-order valence-corrected chi connectivity index (χ2v) is 12.6. The van der Waals surface area contributed by atoms with Crippen molar-refractivity contribution in [3.05, 3.63) is 54.6 Å². The van der Waals surface area contributed by atoms with Gasteiger partial charge in [-0.1, -0.05) is 24.3 Å². The van der Waals surface area contributed by atoms with Gasteiger partial charge in [-0.3, -0.25) is 18.7 Å². The van der Waals surface area contributed by atoms with Crippen molar-refractivity contribution in [1.82, 2.24) is 29.0 Å². The molecule has 1 fully saturated rings. The summed E-state index contributed by atoms with van der Waals surface area (Å²) in [7, 11) is -3.80. The molecule has 1 aromatic carbocycles. The van der Waals surface area contributed by atoms with Crippen LogP contribution in [0.3, 0.4) is 0 Å². The molecule has 1 saturated heterocycles. The van der Waals surface area contributed by atoms with Crippen LogP contribution in [0.15, 0.2) is 53.9 Å². The Balaban J connectivity index is 1.35. The van der Waals surface area contributed by atoms with Crippen LogP contribution in [0.4, 0.5) is 5.82 Å². The fourth-order valence-electron chi connectivity index (χ4n) is 4.00. The van der Waals surface area contributed by atoms with Crippen LogP contribution in [0.1, 0.15) is 5.56 Å². The van der Waals surface area contributed by atoms with Gasteiger partial charge in [0.25, 0.3) is 10.1 Å². The van der Waals surface area contributed by atoms with E-state index in [-0.39, 0.29) is 11.5 Å². The van der Waals surface area contributed by atoms with Crippen LogP contribution < -0.4 is 4.90 Å². The molecule has 0 spiro atoms. The first-order valence-corrected chi connectivity index (χ1v) is 15.0. The fraction of sp³-hybridized carbons (Fsp3) is 0.435. The van der Waals surface area contributed by atoms with Crippen molar-refractivity contribution in [2.24, 2.45) is 7.05 Å². The summed E-state index contributed by atoms with van der Waals surface area (Å²) in [4.78, 5) is 13.7. The predicted molar refractivity (Wildman–Crippen MR) is 139 cm³/mol. The van der Waals surface area contributed by atoms with E-state index in [1.54, 1.807) is 26.5 Å². The highest BCUT2D eigenvalue weighted by molar-refractivity contribution is 7.89. The number of hydrogen-bond acceptors (Lipinski definition) is 10. The Morgan fingerprint density at radius 3 is 2.30 bits per heavy atom. The standard InChI is InChI=1S/C23H31N7O5S2/c1-27-17-21(16-26-27)37(33,34)28(2)10-11-29-12-14-30(15-13-29)23-22(24-8-9-25-23)20-6-4-19(5-7-20)18-35-36(3,31)32/h4-9,16-17H,10-15,18H2,1-3H3. The molecule has 4 rings (SSSR count). The van der Waals surface area contributed by atoms with Crippen LogP contribution in [0.2, 0.25) is 0 Å². The van der Waals surface area contributed by atoms with Crippen LogP contribution in [0.5, 0.6) is 0 Å². The van der Waals surface area contributed by atoms with E-state index in [1.807, 2.05) is 24.3 Å². The van der Waals surface area contributed by atoms with Crippen molar-refractivity contribution in [3.8, 4) is 11.3 Å². The average molecular weight is 550 g/mol. The zero-order chi connectivity index (χ0) is 26.6. The SMILES string of the molecule is CN(CCN1CCN(c2nccnc2-c2ccc(COS(C)(=O)=O)cc2)CC1)S(=O)(=O)c1cnn(C)c1. The van der Waals surface area contributed by atoms with Crippen LogP contribution in [0, 0.1) is 0 Å². The monoisotopic (exact) mass is 549 g/mol. The fourth-order valence-corrected chi connectivity index (χ4v) is 5.50. The van der Waals surface area contributed by atoms with Gasteiger partial charge in [-0.2, -0.15) is 17.8 Å². The molecular formula is C23H31N7O5S2. The van der Waals surface area contributed by atoms with E-state index in [4.69, 9.17) is 4.18 Å². The van der Waals surface area contributed by atoms with Crippen molar-refractivity contribution >= 4 is 26.0 Å². The molecule has 37 heavy (non-hydrogen) atoms. The van der Waals surface area contributed by atoms with Gasteiger partial charge in [-0.05, 0) is 5.56 Å². The lowest BCUT2D eigenvalue weighted by Gasteiger charge is -2.36. The van der Waals surface area contributed by atoms with Gasteiger partial charge in [0, 0.05) is 77.5 Å². The van der Waals surface area contributed by atoms with Gasteiger partial charge >= 0.3 is 0 Å². The highest BCUT2D eigenvalue weighted by atomic mass is 32.2. The number of piperazine rings is 1. The molecule has 1 aliphatic rings. The largest absolute Gasteiger partial charge is 0.352 e. The molecule has 0 bridgehead atoms. The molecule has 2 aromatic heterocycles. The molecule has 0 saturated carbocycles. The summed E-state index contributed by atoms with van der Waals surface area (Å²) in [6, 6.07) is 7.38. The summed E-state index contributed by atoms with van der Waals surface area (Å²) in [6.45, 7) is 3.96. The summed E-state index contributed by atoms with van der Waals surface area (Å²) in [6.07, 6.45) is 7.20. The molecule has 0 atom stereocenters. The lowest BCUT2D eigenvalue weighted by Crippen LogP contribution is -2.49. The first kappa shape index (κ1) is 27.1. The van der Waals surface area contributed by atoms with Crippen LogP contribution in [-0.2, 0) is 38.0 Å². The predicted octanol–water partition coefficient (Wildman–Crippen LogP) is 0.796. The minimum absolute atomic E-state index is 0.0207. The number of rotatable bonds is 10. The lowest BCUT2D eigenvalue weighted by atomic mass is 10.1.